The lowest BCUT2D eigenvalue weighted by atomic mass is 10.1. The Bertz CT molecular complexity index is 1160. The van der Waals surface area contributed by atoms with Crippen LogP contribution in [0, 0.1) is 0 Å². The third kappa shape index (κ3) is 5.22. The fraction of sp³-hybridized carbons (Fsp3) is 0.0476. The van der Waals surface area contributed by atoms with Gasteiger partial charge in [-0.2, -0.15) is 0 Å². The van der Waals surface area contributed by atoms with Crippen molar-refractivity contribution in [3.63, 3.8) is 0 Å². The van der Waals surface area contributed by atoms with Crippen LogP contribution in [-0.4, -0.2) is 20.1 Å². The van der Waals surface area contributed by atoms with E-state index in [-0.39, 0.29) is 16.2 Å². The molecule has 8 heteroatoms. The van der Waals surface area contributed by atoms with Crippen LogP contribution < -0.4 is 10.0 Å². The molecule has 148 valence electrons. The van der Waals surface area contributed by atoms with Gasteiger partial charge in [-0.25, -0.2) is 8.42 Å². The summed E-state index contributed by atoms with van der Waals surface area (Å²) in [5.41, 5.74) is 1.56. The number of rotatable bonds is 6. The van der Waals surface area contributed by atoms with Crippen LogP contribution in [0.5, 0.6) is 0 Å². The van der Waals surface area contributed by atoms with E-state index < -0.39 is 15.9 Å². The quantitative estimate of drug-likeness (QED) is 0.561. The average Bonchev–Trinajstić information content (AvgIpc) is 2.70. The molecule has 0 aliphatic heterocycles. The molecule has 3 aromatic carbocycles. The molecular formula is C21H17ClN2O4S. The highest BCUT2D eigenvalue weighted by molar-refractivity contribution is 7.92. The first-order valence-electron chi connectivity index (χ1n) is 8.55. The summed E-state index contributed by atoms with van der Waals surface area (Å²) in [6.07, 6.45) is 0. The molecule has 0 spiro atoms. The highest BCUT2D eigenvalue weighted by Gasteiger charge is 2.17. The Morgan fingerprint density at radius 1 is 0.828 bits per heavy atom. The van der Waals surface area contributed by atoms with Gasteiger partial charge >= 0.3 is 0 Å². The van der Waals surface area contributed by atoms with Crippen molar-refractivity contribution in [1.29, 1.82) is 0 Å². The number of halogens is 1. The van der Waals surface area contributed by atoms with Crippen molar-refractivity contribution in [2.45, 2.75) is 11.8 Å². The number of hydrogen-bond donors (Lipinski definition) is 2. The van der Waals surface area contributed by atoms with Crippen molar-refractivity contribution < 1.29 is 18.0 Å². The van der Waals surface area contributed by atoms with Crippen LogP contribution in [0.3, 0.4) is 0 Å². The van der Waals surface area contributed by atoms with Crippen molar-refractivity contribution in [1.82, 2.24) is 0 Å². The van der Waals surface area contributed by atoms with Crippen LogP contribution in [0.25, 0.3) is 0 Å². The van der Waals surface area contributed by atoms with E-state index in [2.05, 4.69) is 10.0 Å². The Morgan fingerprint density at radius 2 is 1.45 bits per heavy atom. The van der Waals surface area contributed by atoms with Crippen molar-refractivity contribution in [3.05, 3.63) is 88.9 Å². The molecule has 0 atom stereocenters. The second-order valence-electron chi connectivity index (χ2n) is 6.23. The van der Waals surface area contributed by atoms with Gasteiger partial charge in [0.15, 0.2) is 5.78 Å². The lowest BCUT2D eigenvalue weighted by Gasteiger charge is -2.10. The fourth-order valence-corrected chi connectivity index (χ4v) is 3.76. The molecule has 0 saturated carbocycles. The van der Waals surface area contributed by atoms with Crippen LogP contribution in [0.15, 0.2) is 77.7 Å². The number of ketones is 1. The van der Waals surface area contributed by atoms with Gasteiger partial charge in [0.2, 0.25) is 0 Å². The second-order valence-corrected chi connectivity index (χ2v) is 8.35. The summed E-state index contributed by atoms with van der Waals surface area (Å²) in [6, 6.07) is 18.3. The summed E-state index contributed by atoms with van der Waals surface area (Å²) >= 11 is 5.81. The molecule has 0 radical (unpaired) electrons. The Kier molecular flexibility index (Phi) is 6.00. The van der Waals surface area contributed by atoms with Gasteiger partial charge in [0.1, 0.15) is 0 Å². The molecule has 1 amide bonds. The van der Waals surface area contributed by atoms with Crippen LogP contribution in [0.2, 0.25) is 5.02 Å². The second kappa shape index (κ2) is 8.46. The monoisotopic (exact) mass is 428 g/mol. The molecule has 2 N–H and O–H groups in total. The first-order valence-corrected chi connectivity index (χ1v) is 10.4. The highest BCUT2D eigenvalue weighted by Crippen LogP contribution is 2.20. The van der Waals surface area contributed by atoms with E-state index in [1.807, 2.05) is 0 Å². The molecule has 6 nitrogen and oxygen atoms in total. The number of hydrogen-bond acceptors (Lipinski definition) is 4. The van der Waals surface area contributed by atoms with Gasteiger partial charge in [0.05, 0.1) is 4.90 Å². The molecule has 0 unspecified atom stereocenters. The summed E-state index contributed by atoms with van der Waals surface area (Å²) in [7, 11) is -3.88. The van der Waals surface area contributed by atoms with Gasteiger partial charge in [-0.05, 0) is 73.7 Å². The zero-order valence-corrected chi connectivity index (χ0v) is 16.9. The lowest BCUT2D eigenvalue weighted by Crippen LogP contribution is -2.16. The van der Waals surface area contributed by atoms with Gasteiger partial charge in [0.25, 0.3) is 15.9 Å². The number of anilines is 2. The third-order valence-corrected chi connectivity index (χ3v) is 5.68. The first-order chi connectivity index (χ1) is 13.7. The van der Waals surface area contributed by atoms with Crippen molar-refractivity contribution in [2.24, 2.45) is 0 Å². The largest absolute Gasteiger partial charge is 0.322 e. The summed E-state index contributed by atoms with van der Waals surface area (Å²) in [4.78, 5) is 23.8. The van der Waals surface area contributed by atoms with Crippen LogP contribution in [0.1, 0.15) is 27.6 Å². The van der Waals surface area contributed by atoms with Gasteiger partial charge in [-0.15, -0.1) is 0 Å². The van der Waals surface area contributed by atoms with E-state index >= 15 is 0 Å². The fourth-order valence-electron chi connectivity index (χ4n) is 2.53. The smallest absolute Gasteiger partial charge is 0.261 e. The number of carbonyl (C=O) groups is 2. The van der Waals surface area contributed by atoms with Crippen LogP contribution in [0.4, 0.5) is 11.4 Å². The summed E-state index contributed by atoms with van der Waals surface area (Å²) in [6.45, 7) is 1.46. The maximum Gasteiger partial charge on any atom is 0.261 e. The number of nitrogens with one attached hydrogen (secondary N) is 2. The number of carbonyl (C=O) groups excluding carboxylic acids is 2. The molecular weight excluding hydrogens is 412 g/mol. The Balaban J connectivity index is 1.78. The Hall–Kier alpha value is -3.16. The molecule has 0 fully saturated rings. The van der Waals surface area contributed by atoms with Crippen LogP contribution in [-0.2, 0) is 10.0 Å². The Labute approximate surface area is 173 Å². The molecule has 0 aliphatic rings. The SMILES string of the molecule is CC(=O)c1ccc(NC(=O)c2cccc(S(=O)(=O)Nc3ccc(Cl)cc3)c2)cc1. The van der Waals surface area contributed by atoms with Crippen molar-refractivity contribution in [3.8, 4) is 0 Å². The highest BCUT2D eigenvalue weighted by atomic mass is 35.5. The van der Waals surface area contributed by atoms with E-state index in [1.165, 1.54) is 31.2 Å². The molecule has 3 aromatic rings. The van der Waals surface area contributed by atoms with E-state index in [9.17, 15) is 18.0 Å². The zero-order chi connectivity index (χ0) is 21.0. The van der Waals surface area contributed by atoms with Crippen molar-refractivity contribution in [2.75, 3.05) is 10.0 Å². The summed E-state index contributed by atoms with van der Waals surface area (Å²) < 4.78 is 27.7. The lowest BCUT2D eigenvalue weighted by molar-refractivity contribution is 0.101. The van der Waals surface area contributed by atoms with E-state index in [1.54, 1.807) is 48.5 Å². The Morgan fingerprint density at radius 3 is 2.07 bits per heavy atom. The van der Waals surface area contributed by atoms with Gasteiger partial charge < -0.3 is 5.32 Å². The van der Waals surface area contributed by atoms with E-state index in [0.717, 1.165) is 0 Å². The van der Waals surface area contributed by atoms with Crippen molar-refractivity contribution >= 4 is 44.7 Å². The minimum absolute atomic E-state index is 0.0490. The summed E-state index contributed by atoms with van der Waals surface area (Å²) in [5, 5.41) is 3.17. The minimum atomic E-state index is -3.88. The maximum absolute atomic E-state index is 12.6. The number of sulfonamides is 1. The molecule has 0 bridgehead atoms. The number of amides is 1. The summed E-state index contributed by atoms with van der Waals surface area (Å²) in [5.74, 6) is -0.543. The third-order valence-electron chi connectivity index (χ3n) is 4.05. The minimum Gasteiger partial charge on any atom is -0.322 e. The normalized spacial score (nSPS) is 11.0. The predicted octanol–water partition coefficient (Wildman–Crippen LogP) is 4.60. The standard InChI is InChI=1S/C21H17ClN2O4S/c1-14(25)15-5-9-18(10-6-15)23-21(26)16-3-2-4-20(13-16)29(27,28)24-19-11-7-17(22)8-12-19/h2-13,24H,1H3,(H,23,26). The molecule has 0 aliphatic carbocycles. The molecule has 0 saturated heterocycles. The molecule has 29 heavy (non-hydrogen) atoms. The van der Waals surface area contributed by atoms with E-state index in [0.29, 0.717) is 22.0 Å². The first kappa shape index (κ1) is 20.6. The zero-order valence-electron chi connectivity index (χ0n) is 15.3. The topological polar surface area (TPSA) is 92.3 Å². The molecule has 0 heterocycles. The van der Waals surface area contributed by atoms with Crippen LogP contribution >= 0.6 is 11.6 Å². The molecule has 3 rings (SSSR count). The number of Topliss-reactive ketones (excluding diaryl/α,β-unsaturated/α-hetero) is 1. The van der Waals surface area contributed by atoms with Gasteiger partial charge in [0, 0.05) is 27.5 Å². The van der Waals surface area contributed by atoms with Gasteiger partial charge in [-0.3, -0.25) is 14.3 Å². The van der Waals surface area contributed by atoms with E-state index in [4.69, 9.17) is 11.6 Å². The predicted molar refractivity (Wildman–Crippen MR) is 113 cm³/mol. The average molecular weight is 429 g/mol. The van der Waals surface area contributed by atoms with Gasteiger partial charge in [-0.1, -0.05) is 17.7 Å². The number of benzene rings is 3. The molecule has 0 aromatic heterocycles. The maximum atomic E-state index is 12.6.